The molecule has 5 nitrogen and oxygen atoms in total. The minimum absolute atomic E-state index is 0.0434. The number of esters is 1. The first-order chi connectivity index (χ1) is 13.1. The van der Waals surface area contributed by atoms with Crippen molar-refractivity contribution in [2.45, 2.75) is 62.8 Å². The Kier molecular flexibility index (Phi) is 4.36. The summed E-state index contributed by atoms with van der Waals surface area (Å²) in [6.45, 7) is 0.900. The van der Waals surface area contributed by atoms with Gasteiger partial charge in [-0.3, -0.25) is 4.79 Å². The Morgan fingerprint density at radius 2 is 1.85 bits per heavy atom. The molecule has 1 N–H and O–H groups in total. The molecule has 6 heteroatoms. The van der Waals surface area contributed by atoms with Gasteiger partial charge in [0.15, 0.2) is 5.11 Å². The molecule has 2 bridgehead atoms. The van der Waals surface area contributed by atoms with Gasteiger partial charge in [-0.05, 0) is 49.5 Å². The number of hydrogen-bond acceptors (Lipinski definition) is 4. The molecule has 2 saturated carbocycles. The Morgan fingerprint density at radius 3 is 2.59 bits per heavy atom. The number of thiocarbonyl (C=S) groups is 1. The SMILES string of the molecule is O=C1O[C@@H]2[C@H]3[C@H]([C@@H]1C[C@H]2O)N(c1ccccc1)C(=S)N3CC1CCCCC1. The number of fused-ring (bicyclic) bond motifs is 2. The summed E-state index contributed by atoms with van der Waals surface area (Å²) in [5, 5.41) is 11.3. The molecule has 144 valence electrons. The van der Waals surface area contributed by atoms with Crippen molar-refractivity contribution >= 4 is 29.0 Å². The van der Waals surface area contributed by atoms with Crippen molar-refractivity contribution in [2.75, 3.05) is 11.4 Å². The van der Waals surface area contributed by atoms with Crippen molar-refractivity contribution in [2.24, 2.45) is 11.8 Å². The summed E-state index contributed by atoms with van der Waals surface area (Å²) >= 11 is 5.94. The van der Waals surface area contributed by atoms with Crippen molar-refractivity contribution in [1.82, 2.24) is 4.90 Å². The number of carbonyl (C=O) groups is 1. The van der Waals surface area contributed by atoms with E-state index in [9.17, 15) is 9.90 Å². The predicted octanol–water partition coefficient (Wildman–Crippen LogP) is 2.72. The Labute approximate surface area is 165 Å². The van der Waals surface area contributed by atoms with Gasteiger partial charge in [-0.1, -0.05) is 37.5 Å². The number of para-hydroxylation sites is 1. The summed E-state index contributed by atoms with van der Waals surface area (Å²) in [5.74, 6) is 0.112. The summed E-state index contributed by atoms with van der Waals surface area (Å²) in [6, 6.07) is 10.0. The van der Waals surface area contributed by atoms with Gasteiger partial charge in [0.05, 0.1) is 24.1 Å². The van der Waals surface area contributed by atoms with Crippen molar-refractivity contribution in [3.8, 4) is 0 Å². The van der Waals surface area contributed by atoms with E-state index in [2.05, 4.69) is 21.9 Å². The Bertz CT molecular complexity index is 736. The average molecular weight is 387 g/mol. The first kappa shape index (κ1) is 17.4. The lowest BCUT2D eigenvalue weighted by atomic mass is 9.74. The molecule has 3 saturated heterocycles. The maximum atomic E-state index is 12.5. The van der Waals surface area contributed by atoms with Gasteiger partial charge >= 0.3 is 5.97 Å². The lowest BCUT2D eigenvalue weighted by Gasteiger charge is -2.49. The second-order valence-electron chi connectivity index (χ2n) is 8.44. The maximum Gasteiger partial charge on any atom is 0.311 e. The highest BCUT2D eigenvalue weighted by molar-refractivity contribution is 7.80. The largest absolute Gasteiger partial charge is 0.457 e. The Morgan fingerprint density at radius 1 is 1.11 bits per heavy atom. The summed E-state index contributed by atoms with van der Waals surface area (Å²) in [4.78, 5) is 16.9. The van der Waals surface area contributed by atoms with Crippen LogP contribution in [-0.2, 0) is 9.53 Å². The van der Waals surface area contributed by atoms with E-state index in [0.717, 1.165) is 17.3 Å². The van der Waals surface area contributed by atoms with E-state index in [1.807, 2.05) is 18.2 Å². The summed E-state index contributed by atoms with van der Waals surface area (Å²) in [7, 11) is 0. The number of rotatable bonds is 3. The average Bonchev–Trinajstić information content (AvgIpc) is 2.98. The molecule has 3 heterocycles. The quantitative estimate of drug-likeness (QED) is 0.637. The van der Waals surface area contributed by atoms with Crippen molar-refractivity contribution in [3.63, 3.8) is 0 Å². The van der Waals surface area contributed by atoms with Crippen LogP contribution in [-0.4, -0.2) is 51.9 Å². The first-order valence-electron chi connectivity index (χ1n) is 10.2. The lowest BCUT2D eigenvalue weighted by molar-refractivity contribution is -0.194. The topological polar surface area (TPSA) is 53.0 Å². The number of aliphatic hydroxyl groups is 1. The number of anilines is 1. The molecule has 0 radical (unpaired) electrons. The molecule has 0 unspecified atom stereocenters. The number of ether oxygens (including phenoxy) is 1. The molecule has 0 amide bonds. The van der Waals surface area contributed by atoms with E-state index in [1.54, 1.807) is 0 Å². The predicted molar refractivity (Wildman–Crippen MR) is 106 cm³/mol. The zero-order valence-electron chi connectivity index (χ0n) is 15.4. The van der Waals surface area contributed by atoms with E-state index in [-0.39, 0.29) is 24.0 Å². The first-order valence-corrected chi connectivity index (χ1v) is 10.6. The van der Waals surface area contributed by atoms with Crippen LogP contribution in [0.1, 0.15) is 38.5 Å². The van der Waals surface area contributed by atoms with Crippen LogP contribution in [0, 0.1) is 11.8 Å². The number of hydrogen-bond donors (Lipinski definition) is 1. The van der Waals surface area contributed by atoms with Gasteiger partial charge in [-0.25, -0.2) is 0 Å². The fourth-order valence-corrected chi connectivity index (χ4v) is 6.03. The Balaban J connectivity index is 1.52. The summed E-state index contributed by atoms with van der Waals surface area (Å²) in [6.07, 6.45) is 5.75. The van der Waals surface area contributed by atoms with Crippen LogP contribution < -0.4 is 4.90 Å². The van der Waals surface area contributed by atoms with Gasteiger partial charge in [0, 0.05) is 12.2 Å². The van der Waals surface area contributed by atoms with Gasteiger partial charge in [-0.15, -0.1) is 0 Å². The fraction of sp³-hybridized carbons (Fsp3) is 0.619. The highest BCUT2D eigenvalue weighted by Gasteiger charge is 2.63. The number of aliphatic hydroxyl groups excluding tert-OH is 1. The third kappa shape index (κ3) is 2.76. The molecule has 6 rings (SSSR count). The number of nitrogens with zero attached hydrogens (tertiary/aromatic N) is 2. The lowest BCUT2D eigenvalue weighted by Crippen LogP contribution is -2.66. The van der Waals surface area contributed by atoms with E-state index in [0.29, 0.717) is 12.3 Å². The molecule has 1 aromatic carbocycles. The van der Waals surface area contributed by atoms with Crippen molar-refractivity contribution in [3.05, 3.63) is 30.3 Å². The van der Waals surface area contributed by atoms with Gasteiger partial charge in [-0.2, -0.15) is 0 Å². The second-order valence-corrected chi connectivity index (χ2v) is 8.80. The van der Waals surface area contributed by atoms with Crippen LogP contribution in [0.25, 0.3) is 0 Å². The minimum Gasteiger partial charge on any atom is -0.457 e. The van der Waals surface area contributed by atoms with Crippen LogP contribution in [0.5, 0.6) is 0 Å². The molecule has 1 aromatic rings. The van der Waals surface area contributed by atoms with Gasteiger partial charge in [0.1, 0.15) is 6.10 Å². The van der Waals surface area contributed by atoms with Crippen LogP contribution in [0.4, 0.5) is 5.69 Å². The number of carbonyl (C=O) groups excluding carboxylic acids is 1. The standard InChI is InChI=1S/C21H26N2O3S/c24-16-11-15-17-18(19(16)26-20(15)25)22(12-13-7-3-1-4-8-13)21(27)23(17)14-9-5-2-6-10-14/h2,5-6,9-10,13,15-19,24H,1,3-4,7-8,11-12H2/t15-,16+,17-,18+,19-/m0/s1. The van der Waals surface area contributed by atoms with E-state index < -0.39 is 12.2 Å². The van der Waals surface area contributed by atoms with Crippen LogP contribution in [0.2, 0.25) is 0 Å². The zero-order chi connectivity index (χ0) is 18.5. The summed E-state index contributed by atoms with van der Waals surface area (Å²) < 4.78 is 5.65. The second kappa shape index (κ2) is 6.74. The fourth-order valence-electron chi connectivity index (χ4n) is 5.61. The zero-order valence-corrected chi connectivity index (χ0v) is 16.2. The molecular weight excluding hydrogens is 360 g/mol. The molecular formula is C21H26N2O3S. The van der Waals surface area contributed by atoms with E-state index in [4.69, 9.17) is 17.0 Å². The molecule has 2 aliphatic carbocycles. The minimum atomic E-state index is -0.596. The molecule has 5 aliphatic rings. The highest BCUT2D eigenvalue weighted by Crippen LogP contribution is 2.46. The van der Waals surface area contributed by atoms with Crippen molar-refractivity contribution in [1.29, 1.82) is 0 Å². The van der Waals surface area contributed by atoms with Crippen LogP contribution >= 0.6 is 12.2 Å². The summed E-state index contributed by atoms with van der Waals surface area (Å²) in [5.41, 5.74) is 1.03. The molecule has 0 spiro atoms. The van der Waals surface area contributed by atoms with Crippen LogP contribution in [0.15, 0.2) is 30.3 Å². The smallest absolute Gasteiger partial charge is 0.311 e. The normalized spacial score (nSPS) is 36.1. The third-order valence-electron chi connectivity index (χ3n) is 6.85. The molecule has 0 aromatic heterocycles. The maximum absolute atomic E-state index is 12.5. The number of benzene rings is 1. The third-order valence-corrected chi connectivity index (χ3v) is 7.28. The Hall–Kier alpha value is -1.66. The molecule has 5 atom stereocenters. The molecule has 3 aliphatic heterocycles. The highest BCUT2D eigenvalue weighted by atomic mass is 32.1. The van der Waals surface area contributed by atoms with E-state index in [1.165, 1.54) is 32.1 Å². The van der Waals surface area contributed by atoms with E-state index >= 15 is 0 Å². The van der Waals surface area contributed by atoms with Crippen molar-refractivity contribution < 1.29 is 14.6 Å². The molecule has 5 fully saturated rings. The van der Waals surface area contributed by atoms with Gasteiger partial charge in [0.2, 0.25) is 0 Å². The van der Waals surface area contributed by atoms with Crippen LogP contribution in [0.3, 0.4) is 0 Å². The van der Waals surface area contributed by atoms with Gasteiger partial charge in [0.25, 0.3) is 0 Å². The monoisotopic (exact) mass is 386 g/mol. The molecule has 27 heavy (non-hydrogen) atoms. The van der Waals surface area contributed by atoms with Gasteiger partial charge < -0.3 is 19.6 Å².